The van der Waals surface area contributed by atoms with E-state index in [1.165, 1.54) is 24.9 Å². The molecule has 0 amide bonds. The van der Waals surface area contributed by atoms with Crippen molar-refractivity contribution in [1.82, 2.24) is 4.90 Å². The maximum atomic E-state index is 5.31. The Morgan fingerprint density at radius 3 is 2.93 bits per heavy atom. The third-order valence-corrected chi connectivity index (χ3v) is 3.36. The number of ether oxygens (including phenoxy) is 1. The second-order valence-corrected chi connectivity index (χ2v) is 4.47. The summed E-state index contributed by atoms with van der Waals surface area (Å²) in [6.07, 6.45) is 2.50. The van der Waals surface area contributed by atoms with E-state index in [9.17, 15) is 0 Å². The Kier molecular flexibility index (Phi) is 3.98. The van der Waals surface area contributed by atoms with E-state index in [0.717, 1.165) is 26.3 Å². The highest BCUT2D eigenvalue weighted by molar-refractivity contribution is 7.07. The molecule has 1 fully saturated rings. The highest BCUT2D eigenvalue weighted by Gasteiger charge is 2.09. The van der Waals surface area contributed by atoms with Gasteiger partial charge in [0.2, 0.25) is 0 Å². The molecule has 14 heavy (non-hydrogen) atoms. The van der Waals surface area contributed by atoms with Gasteiger partial charge < -0.3 is 4.74 Å². The molecule has 1 aromatic heterocycles. The van der Waals surface area contributed by atoms with Gasteiger partial charge in [-0.05, 0) is 41.8 Å². The fourth-order valence-electron chi connectivity index (χ4n) is 1.77. The topological polar surface area (TPSA) is 12.5 Å². The summed E-state index contributed by atoms with van der Waals surface area (Å²) in [6, 6.07) is 2.23. The quantitative estimate of drug-likeness (QED) is 0.755. The first kappa shape index (κ1) is 10.1. The summed E-state index contributed by atoms with van der Waals surface area (Å²) in [7, 11) is 0. The fourth-order valence-corrected chi connectivity index (χ4v) is 2.47. The summed E-state index contributed by atoms with van der Waals surface area (Å²) >= 11 is 1.79. The molecule has 1 aromatic rings. The maximum Gasteiger partial charge on any atom is 0.0594 e. The van der Waals surface area contributed by atoms with Crippen molar-refractivity contribution in [3.05, 3.63) is 22.4 Å². The molecule has 0 bridgehead atoms. The van der Waals surface area contributed by atoms with Crippen LogP contribution in [0.4, 0.5) is 0 Å². The van der Waals surface area contributed by atoms with E-state index in [4.69, 9.17) is 4.74 Å². The molecule has 1 aliphatic heterocycles. The maximum absolute atomic E-state index is 5.31. The molecule has 0 aliphatic carbocycles. The lowest BCUT2D eigenvalue weighted by molar-refractivity contribution is 0.0375. The Balaban J connectivity index is 1.62. The molecule has 0 N–H and O–H groups in total. The minimum absolute atomic E-state index is 0.915. The smallest absolute Gasteiger partial charge is 0.0594 e. The van der Waals surface area contributed by atoms with Gasteiger partial charge in [0.15, 0.2) is 0 Å². The lowest BCUT2D eigenvalue weighted by Gasteiger charge is -2.26. The predicted octanol–water partition coefficient (Wildman–Crippen LogP) is 2.01. The number of rotatable bonds is 4. The second-order valence-electron chi connectivity index (χ2n) is 3.69. The monoisotopic (exact) mass is 211 g/mol. The third-order valence-electron chi connectivity index (χ3n) is 2.62. The fraction of sp³-hybridized carbons (Fsp3) is 0.636. The number of nitrogens with zero attached hydrogens (tertiary/aromatic N) is 1. The zero-order valence-corrected chi connectivity index (χ0v) is 9.26. The zero-order chi connectivity index (χ0) is 9.64. The summed E-state index contributed by atoms with van der Waals surface area (Å²) in [6.45, 7) is 5.28. The molecule has 1 saturated heterocycles. The standard InChI is InChI=1S/C11H17NOS/c1(2-11-3-9-14-10-11)4-12-5-7-13-8-6-12/h3,9-10H,1-2,4-8H2. The van der Waals surface area contributed by atoms with Crippen molar-refractivity contribution < 1.29 is 4.74 Å². The first-order chi connectivity index (χ1) is 6.95. The van der Waals surface area contributed by atoms with Gasteiger partial charge in [0.25, 0.3) is 0 Å². The molecule has 0 saturated carbocycles. The minimum Gasteiger partial charge on any atom is -0.379 e. The number of hydrogen-bond acceptors (Lipinski definition) is 3. The van der Waals surface area contributed by atoms with E-state index in [1.54, 1.807) is 11.3 Å². The van der Waals surface area contributed by atoms with Crippen molar-refractivity contribution >= 4 is 11.3 Å². The number of hydrogen-bond donors (Lipinski definition) is 0. The van der Waals surface area contributed by atoms with Crippen LogP contribution in [0.5, 0.6) is 0 Å². The number of thiophene rings is 1. The van der Waals surface area contributed by atoms with Gasteiger partial charge in [-0.3, -0.25) is 4.90 Å². The average Bonchev–Trinajstić information content (AvgIpc) is 2.72. The molecule has 0 atom stereocenters. The van der Waals surface area contributed by atoms with Gasteiger partial charge in [0.05, 0.1) is 13.2 Å². The van der Waals surface area contributed by atoms with Crippen LogP contribution in [0.3, 0.4) is 0 Å². The van der Waals surface area contributed by atoms with Crippen LogP contribution >= 0.6 is 11.3 Å². The molecule has 78 valence electrons. The summed E-state index contributed by atoms with van der Waals surface area (Å²) in [5.74, 6) is 0. The van der Waals surface area contributed by atoms with Gasteiger partial charge in [0, 0.05) is 13.1 Å². The van der Waals surface area contributed by atoms with E-state index in [0.29, 0.717) is 0 Å². The molecule has 0 radical (unpaired) electrons. The normalized spacial score (nSPS) is 18.6. The highest BCUT2D eigenvalue weighted by Crippen LogP contribution is 2.09. The molecule has 2 heterocycles. The van der Waals surface area contributed by atoms with Crippen LogP contribution in [-0.2, 0) is 11.2 Å². The van der Waals surface area contributed by atoms with Crippen molar-refractivity contribution in [2.45, 2.75) is 12.8 Å². The Labute approximate surface area is 89.5 Å². The summed E-state index contributed by atoms with van der Waals surface area (Å²) in [4.78, 5) is 2.50. The van der Waals surface area contributed by atoms with E-state index in [1.807, 2.05) is 0 Å². The lowest BCUT2D eigenvalue weighted by Crippen LogP contribution is -2.36. The Morgan fingerprint density at radius 2 is 2.21 bits per heavy atom. The van der Waals surface area contributed by atoms with Crippen LogP contribution in [0.15, 0.2) is 16.8 Å². The molecule has 2 rings (SSSR count). The third kappa shape index (κ3) is 3.08. The van der Waals surface area contributed by atoms with Crippen LogP contribution in [0.1, 0.15) is 12.0 Å². The van der Waals surface area contributed by atoms with Crippen LogP contribution in [-0.4, -0.2) is 37.7 Å². The van der Waals surface area contributed by atoms with Gasteiger partial charge in [-0.15, -0.1) is 0 Å². The van der Waals surface area contributed by atoms with E-state index < -0.39 is 0 Å². The van der Waals surface area contributed by atoms with Crippen molar-refractivity contribution in [2.75, 3.05) is 32.8 Å². The van der Waals surface area contributed by atoms with Gasteiger partial charge in [-0.1, -0.05) is 0 Å². The van der Waals surface area contributed by atoms with Gasteiger partial charge in [-0.25, -0.2) is 0 Å². The minimum atomic E-state index is 0.915. The molecule has 2 nitrogen and oxygen atoms in total. The number of aryl methyl sites for hydroxylation is 1. The van der Waals surface area contributed by atoms with Crippen molar-refractivity contribution in [2.24, 2.45) is 0 Å². The van der Waals surface area contributed by atoms with E-state index in [2.05, 4.69) is 21.7 Å². The van der Waals surface area contributed by atoms with Crippen LogP contribution in [0.25, 0.3) is 0 Å². The molecule has 0 aromatic carbocycles. The van der Waals surface area contributed by atoms with Crippen molar-refractivity contribution in [3.8, 4) is 0 Å². The van der Waals surface area contributed by atoms with Crippen LogP contribution < -0.4 is 0 Å². The molecular weight excluding hydrogens is 194 g/mol. The average molecular weight is 211 g/mol. The van der Waals surface area contributed by atoms with E-state index >= 15 is 0 Å². The lowest BCUT2D eigenvalue weighted by atomic mass is 10.2. The Morgan fingerprint density at radius 1 is 1.36 bits per heavy atom. The molecular formula is C11H17NOS. The first-order valence-electron chi connectivity index (χ1n) is 5.26. The molecule has 3 heteroatoms. The van der Waals surface area contributed by atoms with Gasteiger partial charge >= 0.3 is 0 Å². The Bertz CT molecular complexity index is 242. The largest absolute Gasteiger partial charge is 0.379 e. The van der Waals surface area contributed by atoms with Crippen LogP contribution in [0, 0.1) is 0 Å². The summed E-state index contributed by atoms with van der Waals surface area (Å²) in [5, 5.41) is 4.41. The molecule has 1 aliphatic rings. The second kappa shape index (κ2) is 5.49. The van der Waals surface area contributed by atoms with E-state index in [-0.39, 0.29) is 0 Å². The van der Waals surface area contributed by atoms with Gasteiger partial charge in [0.1, 0.15) is 0 Å². The SMILES string of the molecule is c1cc(CCCN2CCOCC2)cs1. The summed E-state index contributed by atoms with van der Waals surface area (Å²) < 4.78 is 5.31. The van der Waals surface area contributed by atoms with Crippen LogP contribution in [0.2, 0.25) is 0 Å². The highest BCUT2D eigenvalue weighted by atomic mass is 32.1. The first-order valence-corrected chi connectivity index (χ1v) is 6.20. The Hall–Kier alpha value is -0.380. The molecule has 0 unspecified atom stereocenters. The summed E-state index contributed by atoms with van der Waals surface area (Å²) in [5.41, 5.74) is 1.49. The zero-order valence-electron chi connectivity index (χ0n) is 8.45. The van der Waals surface area contributed by atoms with Crippen molar-refractivity contribution in [1.29, 1.82) is 0 Å². The van der Waals surface area contributed by atoms with Gasteiger partial charge in [-0.2, -0.15) is 11.3 Å². The number of morpholine rings is 1. The van der Waals surface area contributed by atoms with Crippen molar-refractivity contribution in [3.63, 3.8) is 0 Å². The predicted molar refractivity (Wildman–Crippen MR) is 59.9 cm³/mol. The molecule has 0 spiro atoms.